The summed E-state index contributed by atoms with van der Waals surface area (Å²) in [6, 6.07) is 8.01. The molecule has 0 aliphatic carbocycles. The molecule has 2 N–H and O–H groups in total. The number of nitrogens with two attached hydrogens (primary N) is 1. The second kappa shape index (κ2) is 8.78. The van der Waals surface area contributed by atoms with E-state index in [0.717, 1.165) is 35.7 Å². The van der Waals surface area contributed by atoms with Crippen molar-refractivity contribution >= 4 is 41.7 Å². The zero-order valence-electron chi connectivity index (χ0n) is 11.3. The Hall–Kier alpha value is -0.420. The summed E-state index contributed by atoms with van der Waals surface area (Å²) in [5.41, 5.74) is 6.84. The summed E-state index contributed by atoms with van der Waals surface area (Å²) in [5.74, 6) is 1.54. The molecule has 0 saturated carbocycles. The largest absolute Gasteiger partial charge is 0.338 e. The molecule has 0 aromatic heterocycles. The number of halogens is 2. The minimum Gasteiger partial charge on any atom is -0.338 e. The summed E-state index contributed by atoms with van der Waals surface area (Å²) in [5, 5.41) is 0.743. The molecule has 1 aromatic carbocycles. The van der Waals surface area contributed by atoms with E-state index in [9.17, 15) is 4.79 Å². The third kappa shape index (κ3) is 4.85. The Bertz CT molecular complexity index is 445. The first-order valence-corrected chi connectivity index (χ1v) is 8.05. The van der Waals surface area contributed by atoms with Gasteiger partial charge in [0.15, 0.2) is 0 Å². The van der Waals surface area contributed by atoms with Crippen LogP contribution in [0.25, 0.3) is 0 Å². The number of hydrogen-bond acceptors (Lipinski definition) is 3. The highest BCUT2D eigenvalue weighted by molar-refractivity contribution is 7.99. The van der Waals surface area contributed by atoms with Crippen LogP contribution in [-0.2, 0) is 10.5 Å². The number of likely N-dealkylation sites (tertiary alicyclic amines) is 1. The first kappa shape index (κ1) is 17.6. The average molecular weight is 335 g/mol. The Morgan fingerprint density at radius 1 is 1.50 bits per heavy atom. The number of amides is 1. The maximum atomic E-state index is 12.1. The maximum Gasteiger partial charge on any atom is 0.232 e. The highest BCUT2D eigenvalue weighted by atomic mass is 35.5. The van der Waals surface area contributed by atoms with Crippen molar-refractivity contribution in [2.45, 2.75) is 24.6 Å². The zero-order valence-corrected chi connectivity index (χ0v) is 13.6. The molecule has 1 amide bonds. The number of carbonyl (C=O) groups is 1. The molecule has 1 heterocycles. The number of nitrogens with zero attached hydrogens (tertiary/aromatic N) is 1. The molecule has 2 rings (SSSR count). The Morgan fingerprint density at radius 2 is 2.30 bits per heavy atom. The molecule has 1 atom stereocenters. The summed E-state index contributed by atoms with van der Waals surface area (Å²) in [6.45, 7) is 1.43. The Morgan fingerprint density at radius 3 is 3.00 bits per heavy atom. The molecule has 1 aliphatic rings. The van der Waals surface area contributed by atoms with Crippen molar-refractivity contribution in [2.24, 2.45) is 5.73 Å². The van der Waals surface area contributed by atoms with Gasteiger partial charge < -0.3 is 10.6 Å². The van der Waals surface area contributed by atoms with Crippen LogP contribution in [0.15, 0.2) is 24.3 Å². The fourth-order valence-electron chi connectivity index (χ4n) is 2.37. The van der Waals surface area contributed by atoms with Crippen LogP contribution >= 0.6 is 35.8 Å². The summed E-state index contributed by atoms with van der Waals surface area (Å²) < 4.78 is 0. The maximum absolute atomic E-state index is 12.1. The van der Waals surface area contributed by atoms with E-state index in [2.05, 4.69) is 0 Å². The van der Waals surface area contributed by atoms with Gasteiger partial charge in [0.2, 0.25) is 5.91 Å². The lowest BCUT2D eigenvalue weighted by atomic mass is 10.2. The molecular weight excluding hydrogens is 315 g/mol. The van der Waals surface area contributed by atoms with Gasteiger partial charge in [0, 0.05) is 29.9 Å². The first-order valence-electron chi connectivity index (χ1n) is 6.52. The molecule has 1 fully saturated rings. The highest BCUT2D eigenvalue weighted by Crippen LogP contribution is 2.20. The minimum atomic E-state index is 0. The lowest BCUT2D eigenvalue weighted by Crippen LogP contribution is -2.40. The van der Waals surface area contributed by atoms with Gasteiger partial charge in [-0.3, -0.25) is 4.79 Å². The van der Waals surface area contributed by atoms with E-state index in [4.69, 9.17) is 17.3 Å². The van der Waals surface area contributed by atoms with E-state index in [-0.39, 0.29) is 24.4 Å². The molecule has 1 aromatic rings. The van der Waals surface area contributed by atoms with Crippen LogP contribution in [0, 0.1) is 0 Å². The lowest BCUT2D eigenvalue weighted by Gasteiger charge is -2.23. The monoisotopic (exact) mass is 334 g/mol. The lowest BCUT2D eigenvalue weighted by molar-refractivity contribution is -0.128. The predicted octanol–water partition coefficient (Wildman–Crippen LogP) is 2.94. The SMILES string of the molecule is Cl.NCC1CCCN1C(=O)CSCc1cccc(Cl)c1. The number of hydrogen-bond donors (Lipinski definition) is 1. The second-order valence-corrected chi connectivity index (χ2v) is 6.16. The van der Waals surface area contributed by atoms with Crippen LogP contribution in [0.5, 0.6) is 0 Å². The molecule has 1 unspecified atom stereocenters. The van der Waals surface area contributed by atoms with Crippen LogP contribution in [0.4, 0.5) is 0 Å². The van der Waals surface area contributed by atoms with Crippen LogP contribution in [0.3, 0.4) is 0 Å². The van der Waals surface area contributed by atoms with Crippen molar-refractivity contribution in [3.63, 3.8) is 0 Å². The van der Waals surface area contributed by atoms with Gasteiger partial charge in [-0.1, -0.05) is 23.7 Å². The van der Waals surface area contributed by atoms with Crippen LogP contribution in [-0.4, -0.2) is 35.7 Å². The van der Waals surface area contributed by atoms with Crippen molar-refractivity contribution in [3.05, 3.63) is 34.9 Å². The number of carbonyl (C=O) groups excluding carboxylic acids is 1. The van der Waals surface area contributed by atoms with Gasteiger partial charge in [0.25, 0.3) is 0 Å². The Balaban J connectivity index is 0.00000200. The molecule has 112 valence electrons. The van der Waals surface area contributed by atoms with Gasteiger partial charge in [-0.15, -0.1) is 24.2 Å². The van der Waals surface area contributed by atoms with E-state index in [1.165, 1.54) is 0 Å². The predicted molar refractivity (Wildman–Crippen MR) is 88.7 cm³/mol. The number of thioether (sulfide) groups is 1. The van der Waals surface area contributed by atoms with Gasteiger partial charge in [-0.25, -0.2) is 0 Å². The van der Waals surface area contributed by atoms with Crippen LogP contribution < -0.4 is 5.73 Å². The average Bonchev–Trinajstić information content (AvgIpc) is 2.87. The normalized spacial score (nSPS) is 17.9. The summed E-state index contributed by atoms with van der Waals surface area (Å²) in [6.07, 6.45) is 2.12. The van der Waals surface area contributed by atoms with E-state index < -0.39 is 0 Å². The molecular formula is C14H20Cl2N2OS. The standard InChI is InChI=1S/C14H19ClN2OS.ClH/c15-12-4-1-3-11(7-12)9-19-10-14(18)17-6-2-5-13(17)8-16;/h1,3-4,7,13H,2,5-6,8-10,16H2;1H. The zero-order chi connectivity index (χ0) is 13.7. The Kier molecular flexibility index (Phi) is 7.74. The fourth-order valence-corrected chi connectivity index (χ4v) is 3.45. The Labute approximate surface area is 135 Å². The van der Waals surface area contributed by atoms with Crippen molar-refractivity contribution < 1.29 is 4.79 Å². The van der Waals surface area contributed by atoms with Gasteiger partial charge in [-0.2, -0.15) is 0 Å². The van der Waals surface area contributed by atoms with Crippen LogP contribution in [0.2, 0.25) is 5.02 Å². The molecule has 6 heteroatoms. The van der Waals surface area contributed by atoms with Crippen molar-refractivity contribution in [2.75, 3.05) is 18.8 Å². The third-order valence-electron chi connectivity index (χ3n) is 3.35. The molecule has 0 bridgehead atoms. The van der Waals surface area contributed by atoms with Crippen molar-refractivity contribution in [1.29, 1.82) is 0 Å². The number of benzene rings is 1. The number of rotatable bonds is 5. The summed E-state index contributed by atoms with van der Waals surface area (Å²) >= 11 is 7.56. The van der Waals surface area contributed by atoms with E-state index in [1.54, 1.807) is 11.8 Å². The van der Waals surface area contributed by atoms with Crippen LogP contribution in [0.1, 0.15) is 18.4 Å². The second-order valence-electron chi connectivity index (χ2n) is 4.74. The van der Waals surface area contributed by atoms with Crippen molar-refractivity contribution in [1.82, 2.24) is 4.90 Å². The van der Waals surface area contributed by atoms with E-state index >= 15 is 0 Å². The molecule has 0 radical (unpaired) electrons. The first-order chi connectivity index (χ1) is 9.20. The quantitative estimate of drug-likeness (QED) is 0.900. The third-order valence-corrected chi connectivity index (χ3v) is 4.58. The highest BCUT2D eigenvalue weighted by Gasteiger charge is 2.26. The topological polar surface area (TPSA) is 46.3 Å². The van der Waals surface area contributed by atoms with E-state index in [0.29, 0.717) is 12.3 Å². The molecule has 1 saturated heterocycles. The van der Waals surface area contributed by atoms with Gasteiger partial charge >= 0.3 is 0 Å². The molecule has 1 aliphatic heterocycles. The van der Waals surface area contributed by atoms with E-state index in [1.807, 2.05) is 29.2 Å². The fraction of sp³-hybridized carbons (Fsp3) is 0.500. The molecule has 0 spiro atoms. The summed E-state index contributed by atoms with van der Waals surface area (Å²) in [7, 11) is 0. The van der Waals surface area contributed by atoms with Gasteiger partial charge in [0.1, 0.15) is 0 Å². The molecule has 3 nitrogen and oxygen atoms in total. The smallest absolute Gasteiger partial charge is 0.232 e. The van der Waals surface area contributed by atoms with Gasteiger partial charge in [0.05, 0.1) is 5.75 Å². The van der Waals surface area contributed by atoms with Crippen molar-refractivity contribution in [3.8, 4) is 0 Å². The van der Waals surface area contributed by atoms with Gasteiger partial charge in [-0.05, 0) is 30.5 Å². The molecule has 20 heavy (non-hydrogen) atoms. The summed E-state index contributed by atoms with van der Waals surface area (Å²) in [4.78, 5) is 14.0. The minimum absolute atomic E-state index is 0.